The van der Waals surface area contributed by atoms with Crippen LogP contribution in [0.3, 0.4) is 0 Å². The normalized spacial score (nSPS) is 14.7. The van der Waals surface area contributed by atoms with Crippen molar-refractivity contribution in [3.05, 3.63) is 64.2 Å². The summed E-state index contributed by atoms with van der Waals surface area (Å²) in [6.45, 7) is 2.93. The SMILES string of the molecule is O=C(Nc1ccc(Cl)c(Cl)c1)N1CCN(Cc2noc(-c3cccc(F)c3)n2)CC1. The fourth-order valence-electron chi connectivity index (χ4n) is 3.14. The number of hydrogen-bond acceptors (Lipinski definition) is 5. The van der Waals surface area contributed by atoms with Gasteiger partial charge in [0.15, 0.2) is 5.82 Å². The summed E-state index contributed by atoms with van der Waals surface area (Å²) in [5.41, 5.74) is 1.13. The molecule has 0 aliphatic carbocycles. The Bertz CT molecular complexity index is 1050. The Morgan fingerprint density at radius 2 is 1.90 bits per heavy atom. The quantitative estimate of drug-likeness (QED) is 0.632. The van der Waals surface area contributed by atoms with Crippen LogP contribution in [0.4, 0.5) is 14.9 Å². The number of halogens is 3. The molecule has 0 spiro atoms. The number of benzene rings is 2. The summed E-state index contributed by atoms with van der Waals surface area (Å²) in [5, 5.41) is 7.62. The van der Waals surface area contributed by atoms with Crippen molar-refractivity contribution in [2.45, 2.75) is 6.54 Å². The molecule has 1 N–H and O–H groups in total. The van der Waals surface area contributed by atoms with E-state index in [-0.39, 0.29) is 17.7 Å². The van der Waals surface area contributed by atoms with Gasteiger partial charge in [0.05, 0.1) is 16.6 Å². The highest BCUT2D eigenvalue weighted by molar-refractivity contribution is 6.42. The zero-order valence-electron chi connectivity index (χ0n) is 15.8. The second-order valence-electron chi connectivity index (χ2n) is 6.85. The molecule has 156 valence electrons. The lowest BCUT2D eigenvalue weighted by molar-refractivity contribution is 0.140. The van der Waals surface area contributed by atoms with Crippen LogP contribution in [0.15, 0.2) is 47.0 Å². The molecule has 0 radical (unpaired) electrons. The smallest absolute Gasteiger partial charge is 0.321 e. The van der Waals surface area contributed by atoms with E-state index in [2.05, 4.69) is 20.4 Å². The maximum atomic E-state index is 13.4. The zero-order valence-corrected chi connectivity index (χ0v) is 17.3. The zero-order chi connectivity index (χ0) is 21.1. The average Bonchev–Trinajstić information content (AvgIpc) is 3.20. The molecule has 1 aliphatic rings. The van der Waals surface area contributed by atoms with Gasteiger partial charge in [0.1, 0.15) is 5.82 Å². The molecular weight excluding hydrogens is 432 g/mol. The largest absolute Gasteiger partial charge is 0.334 e. The molecular formula is C20H18Cl2FN5O2. The Morgan fingerprint density at radius 1 is 1.10 bits per heavy atom. The highest BCUT2D eigenvalue weighted by Gasteiger charge is 2.23. The van der Waals surface area contributed by atoms with Crippen LogP contribution in [0.5, 0.6) is 0 Å². The minimum atomic E-state index is -0.359. The molecule has 0 bridgehead atoms. The van der Waals surface area contributed by atoms with Gasteiger partial charge in [-0.15, -0.1) is 0 Å². The van der Waals surface area contributed by atoms with Crippen molar-refractivity contribution in [3.63, 3.8) is 0 Å². The van der Waals surface area contributed by atoms with Gasteiger partial charge in [-0.25, -0.2) is 9.18 Å². The monoisotopic (exact) mass is 449 g/mol. The van der Waals surface area contributed by atoms with E-state index in [1.807, 2.05) is 0 Å². The van der Waals surface area contributed by atoms with Gasteiger partial charge in [-0.3, -0.25) is 4.90 Å². The first kappa shape index (κ1) is 20.6. The van der Waals surface area contributed by atoms with Crippen molar-refractivity contribution in [2.75, 3.05) is 31.5 Å². The maximum absolute atomic E-state index is 13.4. The number of piperazine rings is 1. The van der Waals surface area contributed by atoms with Gasteiger partial charge in [0.25, 0.3) is 5.89 Å². The predicted octanol–water partition coefficient (Wildman–Crippen LogP) is 4.53. The number of aromatic nitrogens is 2. The minimum Gasteiger partial charge on any atom is -0.334 e. The van der Waals surface area contributed by atoms with E-state index in [1.54, 1.807) is 35.2 Å². The first-order valence-electron chi connectivity index (χ1n) is 9.30. The van der Waals surface area contributed by atoms with Crippen molar-refractivity contribution in [3.8, 4) is 11.5 Å². The number of nitrogens with one attached hydrogen (secondary N) is 1. The third kappa shape index (κ3) is 4.89. The first-order valence-corrected chi connectivity index (χ1v) is 10.1. The molecule has 1 fully saturated rings. The topological polar surface area (TPSA) is 74.5 Å². The number of carbonyl (C=O) groups is 1. The van der Waals surface area contributed by atoms with E-state index >= 15 is 0 Å². The average molecular weight is 450 g/mol. The highest BCUT2D eigenvalue weighted by Crippen LogP contribution is 2.25. The van der Waals surface area contributed by atoms with E-state index < -0.39 is 0 Å². The van der Waals surface area contributed by atoms with Gasteiger partial charge in [0.2, 0.25) is 0 Å². The summed E-state index contributed by atoms with van der Waals surface area (Å²) >= 11 is 11.9. The summed E-state index contributed by atoms with van der Waals surface area (Å²) < 4.78 is 18.6. The van der Waals surface area contributed by atoms with E-state index in [4.69, 9.17) is 27.7 Å². The van der Waals surface area contributed by atoms with E-state index in [1.165, 1.54) is 12.1 Å². The molecule has 10 heteroatoms. The van der Waals surface area contributed by atoms with E-state index in [0.717, 1.165) is 0 Å². The number of nitrogens with zero attached hydrogens (tertiary/aromatic N) is 4. The standard InChI is InChI=1S/C20H18Cl2FN5O2/c21-16-5-4-15(11-17(16)22)24-20(29)28-8-6-27(7-9-28)12-18-25-19(30-26-18)13-2-1-3-14(23)10-13/h1-5,10-11H,6-9,12H2,(H,24,29). The van der Waals surface area contributed by atoms with Crippen LogP contribution in [0.2, 0.25) is 10.0 Å². The third-order valence-corrected chi connectivity index (χ3v) is 5.47. The van der Waals surface area contributed by atoms with Crippen LogP contribution < -0.4 is 5.32 Å². The molecule has 2 amide bonds. The molecule has 0 unspecified atom stereocenters. The summed E-state index contributed by atoms with van der Waals surface area (Å²) in [6.07, 6.45) is 0. The molecule has 3 aromatic rings. The number of hydrogen-bond donors (Lipinski definition) is 1. The molecule has 1 saturated heterocycles. The molecule has 1 aromatic heterocycles. The first-order chi connectivity index (χ1) is 14.5. The second-order valence-corrected chi connectivity index (χ2v) is 7.66. The molecule has 1 aliphatic heterocycles. The summed E-state index contributed by atoms with van der Waals surface area (Å²) in [7, 11) is 0. The van der Waals surface area contributed by atoms with Crippen molar-refractivity contribution in [1.29, 1.82) is 0 Å². The van der Waals surface area contributed by atoms with Gasteiger partial charge in [-0.2, -0.15) is 4.98 Å². The fraction of sp³-hybridized carbons (Fsp3) is 0.250. The molecule has 2 heterocycles. The van der Waals surface area contributed by atoms with Crippen LogP contribution in [-0.2, 0) is 6.54 Å². The molecule has 0 atom stereocenters. The summed E-state index contributed by atoms with van der Waals surface area (Å²) in [5.74, 6) is 0.439. The van der Waals surface area contributed by atoms with Crippen molar-refractivity contribution in [1.82, 2.24) is 19.9 Å². The Hall–Kier alpha value is -2.68. The molecule has 0 saturated carbocycles. The Labute approximate surface area is 182 Å². The lowest BCUT2D eigenvalue weighted by Gasteiger charge is -2.34. The highest BCUT2D eigenvalue weighted by atomic mass is 35.5. The minimum absolute atomic E-state index is 0.194. The Morgan fingerprint density at radius 3 is 2.63 bits per heavy atom. The van der Waals surface area contributed by atoms with Gasteiger partial charge < -0.3 is 14.7 Å². The Kier molecular flexibility index (Phi) is 6.17. The third-order valence-electron chi connectivity index (χ3n) is 4.74. The summed E-state index contributed by atoms with van der Waals surface area (Å²) in [6, 6.07) is 10.8. The van der Waals surface area contributed by atoms with Crippen molar-refractivity contribution < 1.29 is 13.7 Å². The molecule has 4 rings (SSSR count). The van der Waals surface area contributed by atoms with E-state index in [9.17, 15) is 9.18 Å². The van der Waals surface area contributed by atoms with Gasteiger partial charge in [0, 0.05) is 37.4 Å². The number of rotatable bonds is 4. The second kappa shape index (κ2) is 8.99. The van der Waals surface area contributed by atoms with Crippen LogP contribution >= 0.6 is 23.2 Å². The predicted molar refractivity (Wildman–Crippen MR) is 112 cm³/mol. The van der Waals surface area contributed by atoms with Gasteiger partial charge in [-0.1, -0.05) is 34.4 Å². The molecule has 30 heavy (non-hydrogen) atoms. The van der Waals surface area contributed by atoms with E-state index in [0.29, 0.717) is 59.8 Å². The van der Waals surface area contributed by atoms with Crippen molar-refractivity contribution in [2.24, 2.45) is 0 Å². The number of amides is 2. The molecule has 7 nitrogen and oxygen atoms in total. The van der Waals surface area contributed by atoms with Gasteiger partial charge >= 0.3 is 6.03 Å². The van der Waals surface area contributed by atoms with Crippen LogP contribution in [-0.4, -0.2) is 52.2 Å². The Balaban J connectivity index is 1.29. The van der Waals surface area contributed by atoms with Crippen LogP contribution in [0.25, 0.3) is 11.5 Å². The summed E-state index contributed by atoms with van der Waals surface area (Å²) in [4.78, 5) is 20.7. The van der Waals surface area contributed by atoms with Crippen LogP contribution in [0, 0.1) is 5.82 Å². The number of urea groups is 1. The lowest BCUT2D eigenvalue weighted by Crippen LogP contribution is -2.49. The van der Waals surface area contributed by atoms with Crippen molar-refractivity contribution >= 4 is 34.9 Å². The lowest BCUT2D eigenvalue weighted by atomic mass is 10.2. The maximum Gasteiger partial charge on any atom is 0.321 e. The number of carbonyl (C=O) groups excluding carboxylic acids is 1. The molecule has 2 aromatic carbocycles. The number of anilines is 1. The van der Waals surface area contributed by atoms with Crippen LogP contribution in [0.1, 0.15) is 5.82 Å². The van der Waals surface area contributed by atoms with Gasteiger partial charge in [-0.05, 0) is 36.4 Å². The fourth-order valence-corrected chi connectivity index (χ4v) is 3.44.